The van der Waals surface area contributed by atoms with Crippen molar-refractivity contribution in [3.63, 3.8) is 0 Å². The van der Waals surface area contributed by atoms with Crippen molar-refractivity contribution in [3.05, 3.63) is 52.2 Å². The van der Waals surface area contributed by atoms with Gasteiger partial charge in [0.2, 0.25) is 0 Å². The molecular weight excluding hydrogens is 324 g/mol. The van der Waals surface area contributed by atoms with E-state index >= 15 is 0 Å². The number of benzene rings is 1. The second-order valence-corrected chi connectivity index (χ2v) is 6.37. The zero-order valence-corrected chi connectivity index (χ0v) is 15.0. The van der Waals surface area contributed by atoms with Gasteiger partial charge in [0.1, 0.15) is 5.75 Å². The summed E-state index contributed by atoms with van der Waals surface area (Å²) in [6.07, 6.45) is 0. The first kappa shape index (κ1) is 16.6. The zero-order chi connectivity index (χ0) is 17.3. The molecule has 0 fully saturated rings. The summed E-state index contributed by atoms with van der Waals surface area (Å²) in [7, 11) is 1.64. The molecule has 0 unspecified atom stereocenters. The van der Waals surface area contributed by atoms with Gasteiger partial charge in [0.15, 0.2) is 5.17 Å². The van der Waals surface area contributed by atoms with Crippen LogP contribution in [0.3, 0.4) is 0 Å². The summed E-state index contributed by atoms with van der Waals surface area (Å²) in [5.41, 5.74) is 3.35. The second-order valence-electron chi connectivity index (χ2n) is 5.54. The number of nitrogens with zero attached hydrogens (tertiary/aromatic N) is 2. The maximum atomic E-state index is 12.6. The highest BCUT2D eigenvalue weighted by atomic mass is 32.2. The molecule has 2 aliphatic heterocycles. The summed E-state index contributed by atoms with van der Waals surface area (Å²) in [6, 6.07) is 7.53. The molecule has 5 nitrogen and oxygen atoms in total. The quantitative estimate of drug-likeness (QED) is 0.777. The van der Waals surface area contributed by atoms with Crippen LogP contribution in [0.5, 0.6) is 5.75 Å². The monoisotopic (exact) mass is 344 g/mol. The van der Waals surface area contributed by atoms with E-state index in [2.05, 4.69) is 15.3 Å². The van der Waals surface area contributed by atoms with E-state index in [1.54, 1.807) is 18.9 Å². The van der Waals surface area contributed by atoms with Crippen LogP contribution in [0.1, 0.15) is 32.4 Å². The number of thioether (sulfide) groups is 1. The minimum absolute atomic E-state index is 0.242. The molecule has 0 saturated heterocycles. The molecule has 1 atom stereocenters. The van der Waals surface area contributed by atoms with Crippen LogP contribution in [0.15, 0.2) is 51.6 Å². The van der Waals surface area contributed by atoms with Gasteiger partial charge in [0.25, 0.3) is 0 Å². The highest BCUT2D eigenvalue weighted by molar-refractivity contribution is 8.16. The molecule has 0 radical (unpaired) electrons. The fourth-order valence-corrected chi connectivity index (χ4v) is 3.84. The lowest BCUT2D eigenvalue weighted by Crippen LogP contribution is -2.36. The van der Waals surface area contributed by atoms with E-state index in [0.29, 0.717) is 17.9 Å². The molecule has 1 aromatic rings. The minimum Gasteiger partial charge on any atom is -0.497 e. The van der Waals surface area contributed by atoms with E-state index in [9.17, 15) is 4.79 Å². The summed E-state index contributed by atoms with van der Waals surface area (Å²) >= 11 is 1.57. The van der Waals surface area contributed by atoms with Crippen molar-refractivity contribution in [2.75, 3.05) is 13.7 Å². The van der Waals surface area contributed by atoms with Gasteiger partial charge in [-0.25, -0.2) is 9.79 Å². The fraction of sp³-hybridized carbons (Fsp3) is 0.333. The third-order valence-electron chi connectivity index (χ3n) is 4.03. The predicted octanol–water partition coefficient (Wildman–Crippen LogP) is 3.85. The van der Waals surface area contributed by atoms with Crippen molar-refractivity contribution in [2.45, 2.75) is 26.8 Å². The van der Waals surface area contributed by atoms with Gasteiger partial charge >= 0.3 is 5.97 Å². The van der Waals surface area contributed by atoms with Gasteiger partial charge in [-0.15, -0.1) is 0 Å². The van der Waals surface area contributed by atoms with Crippen molar-refractivity contribution in [3.8, 4) is 5.75 Å². The minimum atomic E-state index is -0.316. The Labute approximate surface area is 146 Å². The first-order valence-corrected chi connectivity index (χ1v) is 8.68. The molecule has 0 amide bonds. The Morgan fingerprint density at radius 1 is 1.29 bits per heavy atom. The Morgan fingerprint density at radius 2 is 2.00 bits per heavy atom. The largest absolute Gasteiger partial charge is 0.497 e. The van der Waals surface area contributed by atoms with E-state index in [1.807, 2.05) is 45.0 Å². The molecule has 0 saturated carbocycles. The van der Waals surface area contributed by atoms with Gasteiger partial charge in [-0.1, -0.05) is 23.9 Å². The summed E-state index contributed by atoms with van der Waals surface area (Å²) < 4.78 is 10.5. The lowest BCUT2D eigenvalue weighted by Gasteiger charge is -2.35. The van der Waals surface area contributed by atoms with Gasteiger partial charge in [-0.2, -0.15) is 0 Å². The maximum Gasteiger partial charge on any atom is 0.338 e. The van der Waals surface area contributed by atoms with Crippen LogP contribution < -0.4 is 4.74 Å². The normalized spacial score (nSPS) is 19.7. The third kappa shape index (κ3) is 2.82. The number of allylic oxidation sites excluding steroid dienone is 2. The van der Waals surface area contributed by atoms with E-state index in [0.717, 1.165) is 22.2 Å². The standard InChI is InChI=1S/C18H20N2O3S/c1-5-23-17(21)15-12(3)19-18-20(11(2)10-24-18)16(15)13-6-8-14(22-4)9-7-13/h6-10,16H,5H2,1-4H3/t16-/m1/s1. The van der Waals surface area contributed by atoms with E-state index in [-0.39, 0.29) is 12.0 Å². The topological polar surface area (TPSA) is 51.1 Å². The molecule has 126 valence electrons. The smallest absolute Gasteiger partial charge is 0.338 e. The number of hydrogen-bond donors (Lipinski definition) is 0. The number of esters is 1. The predicted molar refractivity (Wildman–Crippen MR) is 95.7 cm³/mol. The van der Waals surface area contributed by atoms with E-state index < -0.39 is 0 Å². The summed E-state index contributed by atoms with van der Waals surface area (Å²) in [5, 5.41) is 2.94. The lowest BCUT2D eigenvalue weighted by atomic mass is 9.94. The number of hydrogen-bond acceptors (Lipinski definition) is 6. The first-order chi connectivity index (χ1) is 11.6. The number of rotatable bonds is 4. The van der Waals surface area contributed by atoms with Crippen molar-refractivity contribution < 1.29 is 14.3 Å². The molecule has 2 aliphatic rings. The highest BCUT2D eigenvalue weighted by Crippen LogP contribution is 2.43. The molecule has 0 aromatic heterocycles. The van der Waals surface area contributed by atoms with Crippen LogP contribution in [-0.2, 0) is 9.53 Å². The Kier molecular flexibility index (Phi) is 4.66. The number of amidine groups is 1. The molecule has 0 N–H and O–H groups in total. The Balaban J connectivity index is 2.10. The highest BCUT2D eigenvalue weighted by Gasteiger charge is 2.39. The van der Waals surface area contributed by atoms with Crippen molar-refractivity contribution in [2.24, 2.45) is 4.99 Å². The van der Waals surface area contributed by atoms with Crippen molar-refractivity contribution in [1.29, 1.82) is 0 Å². The summed E-state index contributed by atoms with van der Waals surface area (Å²) in [6.45, 7) is 6.03. The maximum absolute atomic E-state index is 12.6. The number of carbonyl (C=O) groups is 1. The molecule has 24 heavy (non-hydrogen) atoms. The lowest BCUT2D eigenvalue weighted by molar-refractivity contribution is -0.139. The Bertz CT molecular complexity index is 750. The number of aliphatic imine (C=N–C) groups is 1. The molecule has 2 heterocycles. The summed E-state index contributed by atoms with van der Waals surface area (Å²) in [5.74, 6) is 0.466. The van der Waals surface area contributed by atoms with Gasteiger partial charge < -0.3 is 14.4 Å². The van der Waals surface area contributed by atoms with Crippen LogP contribution in [-0.4, -0.2) is 29.8 Å². The van der Waals surface area contributed by atoms with Gasteiger partial charge in [-0.3, -0.25) is 0 Å². The Hall–Kier alpha value is -2.21. The van der Waals surface area contributed by atoms with Crippen molar-refractivity contribution in [1.82, 2.24) is 4.90 Å². The zero-order valence-electron chi connectivity index (χ0n) is 14.2. The molecule has 3 rings (SSSR count). The average molecular weight is 344 g/mol. The molecule has 0 aliphatic carbocycles. The SMILES string of the molecule is CCOC(=O)C1=C(C)N=C2SC=C(C)N2[C@@H]1c1ccc(OC)cc1. The molecule has 6 heteroatoms. The second kappa shape index (κ2) is 6.73. The molecule has 1 aromatic carbocycles. The average Bonchev–Trinajstić information content (AvgIpc) is 2.94. The molecule has 0 bridgehead atoms. The van der Waals surface area contributed by atoms with Crippen molar-refractivity contribution >= 4 is 22.9 Å². The van der Waals surface area contributed by atoms with Gasteiger partial charge in [0.05, 0.1) is 31.0 Å². The van der Waals surface area contributed by atoms with Crippen LogP contribution in [0.4, 0.5) is 0 Å². The molecule has 0 spiro atoms. The van der Waals surface area contributed by atoms with Crippen LogP contribution in [0.25, 0.3) is 0 Å². The van der Waals surface area contributed by atoms with Crippen LogP contribution >= 0.6 is 11.8 Å². The number of carbonyl (C=O) groups excluding carboxylic acids is 1. The first-order valence-electron chi connectivity index (χ1n) is 7.80. The van der Waals surface area contributed by atoms with E-state index in [1.165, 1.54) is 0 Å². The number of ether oxygens (including phenoxy) is 2. The Morgan fingerprint density at radius 3 is 2.62 bits per heavy atom. The summed E-state index contributed by atoms with van der Waals surface area (Å²) in [4.78, 5) is 19.3. The van der Waals surface area contributed by atoms with Gasteiger partial charge in [0, 0.05) is 5.70 Å². The number of fused-ring (bicyclic) bond motifs is 1. The third-order valence-corrected chi connectivity index (χ3v) is 4.99. The van der Waals surface area contributed by atoms with Gasteiger partial charge in [-0.05, 0) is 43.9 Å². The fourth-order valence-electron chi connectivity index (χ4n) is 2.90. The van der Waals surface area contributed by atoms with E-state index in [4.69, 9.17) is 9.47 Å². The van der Waals surface area contributed by atoms with Crippen LogP contribution in [0.2, 0.25) is 0 Å². The molecular formula is C18H20N2O3S. The number of methoxy groups -OCH3 is 1. The van der Waals surface area contributed by atoms with Crippen LogP contribution in [0, 0.1) is 0 Å².